The zero-order valence-corrected chi connectivity index (χ0v) is 11.2. The van der Waals surface area contributed by atoms with E-state index in [-0.39, 0.29) is 6.10 Å². The first kappa shape index (κ1) is 13.5. The fraction of sp³-hybridized carbons (Fsp3) is 0.600. The summed E-state index contributed by atoms with van der Waals surface area (Å²) in [6.45, 7) is 7.47. The van der Waals surface area contributed by atoms with Crippen molar-refractivity contribution >= 4 is 0 Å². The van der Waals surface area contributed by atoms with Crippen molar-refractivity contribution in [1.29, 1.82) is 0 Å². The van der Waals surface area contributed by atoms with Crippen LogP contribution in [0.1, 0.15) is 17.5 Å². The van der Waals surface area contributed by atoms with Crippen LogP contribution in [0.5, 0.6) is 0 Å². The predicted molar refractivity (Wildman–Crippen MR) is 74.8 cm³/mol. The van der Waals surface area contributed by atoms with Gasteiger partial charge in [0.25, 0.3) is 0 Å². The fourth-order valence-electron chi connectivity index (χ4n) is 2.48. The van der Waals surface area contributed by atoms with E-state index in [0.717, 1.165) is 45.6 Å². The third-order valence-electron chi connectivity index (χ3n) is 3.54. The molecule has 3 heteroatoms. The summed E-state index contributed by atoms with van der Waals surface area (Å²) in [7, 11) is 0. The zero-order valence-electron chi connectivity index (χ0n) is 11.2. The van der Waals surface area contributed by atoms with E-state index in [0.29, 0.717) is 0 Å². The van der Waals surface area contributed by atoms with Crippen LogP contribution in [0, 0.1) is 6.92 Å². The van der Waals surface area contributed by atoms with Crippen LogP contribution in [-0.4, -0.2) is 48.8 Å². The molecule has 100 valence electrons. The van der Waals surface area contributed by atoms with E-state index in [2.05, 4.69) is 41.4 Å². The molecule has 0 amide bonds. The molecule has 1 heterocycles. The first-order chi connectivity index (χ1) is 8.74. The molecule has 2 rings (SSSR count). The van der Waals surface area contributed by atoms with Gasteiger partial charge in [-0.15, -0.1) is 0 Å². The van der Waals surface area contributed by atoms with Gasteiger partial charge in [0.05, 0.1) is 6.10 Å². The van der Waals surface area contributed by atoms with Crippen LogP contribution in [0.15, 0.2) is 24.3 Å². The smallest absolute Gasteiger partial charge is 0.0592 e. The van der Waals surface area contributed by atoms with Gasteiger partial charge in [-0.2, -0.15) is 0 Å². The number of rotatable bonds is 5. The fourth-order valence-corrected chi connectivity index (χ4v) is 2.48. The van der Waals surface area contributed by atoms with E-state index < -0.39 is 0 Å². The van der Waals surface area contributed by atoms with Crippen molar-refractivity contribution < 1.29 is 5.11 Å². The second-order valence-electron chi connectivity index (χ2n) is 5.23. The number of benzene rings is 1. The van der Waals surface area contributed by atoms with Gasteiger partial charge in [0.15, 0.2) is 0 Å². The maximum Gasteiger partial charge on any atom is 0.0592 e. The standard InChI is InChI=1S/C15H24N2O/c1-13-3-2-4-14(11-13)12-15(18)5-8-17-9-6-16-7-10-17/h2-4,11,15-16,18H,5-10,12H2,1H3. The van der Waals surface area contributed by atoms with Crippen molar-refractivity contribution in [2.45, 2.75) is 25.9 Å². The molecule has 0 radical (unpaired) electrons. The SMILES string of the molecule is Cc1cccc(CC(O)CCN2CCNCC2)c1. The number of aliphatic hydroxyl groups excluding tert-OH is 1. The minimum Gasteiger partial charge on any atom is -0.393 e. The predicted octanol–water partition coefficient (Wildman–Crippen LogP) is 1.19. The van der Waals surface area contributed by atoms with Gasteiger partial charge in [-0.05, 0) is 25.3 Å². The number of aliphatic hydroxyl groups is 1. The normalized spacial score (nSPS) is 18.8. The third kappa shape index (κ3) is 4.41. The molecular formula is C15H24N2O. The molecule has 0 aliphatic carbocycles. The molecule has 0 bridgehead atoms. The van der Waals surface area contributed by atoms with Gasteiger partial charge < -0.3 is 15.3 Å². The van der Waals surface area contributed by atoms with Gasteiger partial charge >= 0.3 is 0 Å². The molecule has 1 fully saturated rings. The minimum absolute atomic E-state index is 0.221. The summed E-state index contributed by atoms with van der Waals surface area (Å²) in [6.07, 6.45) is 1.42. The molecule has 1 aromatic rings. The number of nitrogens with one attached hydrogen (secondary N) is 1. The molecule has 3 nitrogen and oxygen atoms in total. The number of hydrogen-bond acceptors (Lipinski definition) is 3. The highest BCUT2D eigenvalue weighted by Crippen LogP contribution is 2.09. The Balaban J connectivity index is 1.72. The lowest BCUT2D eigenvalue weighted by atomic mass is 10.0. The maximum absolute atomic E-state index is 10.1. The van der Waals surface area contributed by atoms with Crippen LogP contribution in [-0.2, 0) is 6.42 Å². The Morgan fingerprint density at radius 3 is 2.83 bits per heavy atom. The molecule has 18 heavy (non-hydrogen) atoms. The first-order valence-electron chi connectivity index (χ1n) is 6.91. The van der Waals surface area contributed by atoms with Crippen LogP contribution < -0.4 is 5.32 Å². The van der Waals surface area contributed by atoms with Crippen LogP contribution in [0.4, 0.5) is 0 Å². The number of hydrogen-bond donors (Lipinski definition) is 2. The minimum atomic E-state index is -0.221. The third-order valence-corrected chi connectivity index (χ3v) is 3.54. The lowest BCUT2D eigenvalue weighted by Crippen LogP contribution is -2.44. The van der Waals surface area contributed by atoms with Crippen molar-refractivity contribution in [2.75, 3.05) is 32.7 Å². The van der Waals surface area contributed by atoms with E-state index >= 15 is 0 Å². The van der Waals surface area contributed by atoms with E-state index in [1.807, 2.05) is 0 Å². The van der Waals surface area contributed by atoms with Gasteiger partial charge in [-0.1, -0.05) is 29.8 Å². The van der Waals surface area contributed by atoms with Crippen LogP contribution >= 0.6 is 0 Å². The van der Waals surface area contributed by atoms with Gasteiger partial charge in [-0.3, -0.25) is 0 Å². The number of nitrogens with zero attached hydrogens (tertiary/aromatic N) is 1. The van der Waals surface area contributed by atoms with Crippen LogP contribution in [0.2, 0.25) is 0 Å². The summed E-state index contributed by atoms with van der Waals surface area (Å²) in [5.74, 6) is 0. The molecule has 2 N–H and O–H groups in total. The summed E-state index contributed by atoms with van der Waals surface area (Å²) >= 11 is 0. The molecule has 1 aliphatic rings. The van der Waals surface area contributed by atoms with E-state index in [9.17, 15) is 5.11 Å². The van der Waals surface area contributed by atoms with Crippen molar-refractivity contribution in [3.05, 3.63) is 35.4 Å². The summed E-state index contributed by atoms with van der Waals surface area (Å²) in [5.41, 5.74) is 2.50. The Morgan fingerprint density at radius 2 is 2.11 bits per heavy atom. The highest BCUT2D eigenvalue weighted by Gasteiger charge is 2.12. The summed E-state index contributed by atoms with van der Waals surface area (Å²) in [5, 5.41) is 13.4. The topological polar surface area (TPSA) is 35.5 Å². The van der Waals surface area contributed by atoms with Gasteiger partial charge in [0, 0.05) is 32.7 Å². The summed E-state index contributed by atoms with van der Waals surface area (Å²) in [4.78, 5) is 2.43. The highest BCUT2D eigenvalue weighted by molar-refractivity contribution is 5.22. The monoisotopic (exact) mass is 248 g/mol. The second-order valence-corrected chi connectivity index (χ2v) is 5.23. The Hall–Kier alpha value is -0.900. The second kappa shape index (κ2) is 6.88. The Morgan fingerprint density at radius 1 is 1.33 bits per heavy atom. The number of aryl methyl sites for hydroxylation is 1. The lowest BCUT2D eigenvalue weighted by molar-refractivity contribution is 0.135. The van der Waals surface area contributed by atoms with E-state index in [1.165, 1.54) is 11.1 Å². The molecule has 1 aromatic carbocycles. The van der Waals surface area contributed by atoms with Crippen molar-refractivity contribution in [2.24, 2.45) is 0 Å². The van der Waals surface area contributed by atoms with Gasteiger partial charge in [0.2, 0.25) is 0 Å². The quantitative estimate of drug-likeness (QED) is 0.822. The molecule has 0 aromatic heterocycles. The molecule has 1 aliphatic heterocycles. The molecule has 0 spiro atoms. The lowest BCUT2D eigenvalue weighted by Gasteiger charge is -2.27. The van der Waals surface area contributed by atoms with E-state index in [1.54, 1.807) is 0 Å². The van der Waals surface area contributed by atoms with Crippen molar-refractivity contribution in [1.82, 2.24) is 10.2 Å². The molecular weight excluding hydrogens is 224 g/mol. The average molecular weight is 248 g/mol. The average Bonchev–Trinajstić information content (AvgIpc) is 2.38. The highest BCUT2D eigenvalue weighted by atomic mass is 16.3. The number of piperazine rings is 1. The molecule has 0 saturated carbocycles. The molecule has 1 saturated heterocycles. The Labute approximate surface area is 110 Å². The molecule has 1 atom stereocenters. The first-order valence-corrected chi connectivity index (χ1v) is 6.91. The Kier molecular flexibility index (Phi) is 5.17. The zero-order chi connectivity index (χ0) is 12.8. The molecule has 1 unspecified atom stereocenters. The van der Waals surface area contributed by atoms with Crippen LogP contribution in [0.25, 0.3) is 0 Å². The Bertz CT molecular complexity index is 361. The van der Waals surface area contributed by atoms with Crippen molar-refractivity contribution in [3.8, 4) is 0 Å². The van der Waals surface area contributed by atoms with Gasteiger partial charge in [0.1, 0.15) is 0 Å². The van der Waals surface area contributed by atoms with Gasteiger partial charge in [-0.25, -0.2) is 0 Å². The van der Waals surface area contributed by atoms with Crippen molar-refractivity contribution in [3.63, 3.8) is 0 Å². The largest absolute Gasteiger partial charge is 0.393 e. The maximum atomic E-state index is 10.1. The van der Waals surface area contributed by atoms with Crippen LogP contribution in [0.3, 0.4) is 0 Å². The van der Waals surface area contributed by atoms with E-state index in [4.69, 9.17) is 0 Å². The summed E-state index contributed by atoms with van der Waals surface area (Å²) < 4.78 is 0. The summed E-state index contributed by atoms with van der Waals surface area (Å²) in [6, 6.07) is 8.42.